The summed E-state index contributed by atoms with van der Waals surface area (Å²) in [7, 11) is 0. The number of fused-ring (bicyclic) bond motifs is 1. The molecule has 1 heterocycles. The van der Waals surface area contributed by atoms with E-state index in [0.717, 1.165) is 23.7 Å². The van der Waals surface area contributed by atoms with Crippen LogP contribution in [-0.2, 0) is 9.53 Å². The number of nitrogens with two attached hydrogens (primary N) is 1. The Morgan fingerprint density at radius 1 is 1.43 bits per heavy atom. The average Bonchev–Trinajstić information content (AvgIpc) is 2.89. The van der Waals surface area contributed by atoms with E-state index in [1.165, 1.54) is 15.6 Å². The maximum atomic E-state index is 11.3. The molecule has 0 aliphatic rings. The van der Waals surface area contributed by atoms with Gasteiger partial charge in [-0.15, -0.1) is 11.3 Å². The first kappa shape index (κ1) is 16.5. The monoisotopic (exact) mass is 369 g/mol. The maximum Gasteiger partial charge on any atom is 0.305 e. The lowest BCUT2D eigenvalue weighted by atomic mass is 10.0. The van der Waals surface area contributed by atoms with E-state index in [1.54, 1.807) is 11.3 Å². The van der Waals surface area contributed by atoms with Gasteiger partial charge in [-0.25, -0.2) is 0 Å². The van der Waals surface area contributed by atoms with Crippen LogP contribution in [0.5, 0.6) is 0 Å². The zero-order valence-electron chi connectivity index (χ0n) is 12.1. The van der Waals surface area contributed by atoms with Crippen LogP contribution in [0, 0.1) is 0 Å². The molecule has 21 heavy (non-hydrogen) atoms. The summed E-state index contributed by atoms with van der Waals surface area (Å²) in [5.74, 6) is -0.115. The summed E-state index contributed by atoms with van der Waals surface area (Å²) >= 11 is 5.29. The van der Waals surface area contributed by atoms with Crippen molar-refractivity contribution in [1.82, 2.24) is 0 Å². The van der Waals surface area contributed by atoms with Crippen LogP contribution in [0.25, 0.3) is 10.1 Å². The largest absolute Gasteiger partial charge is 0.466 e. The van der Waals surface area contributed by atoms with Crippen LogP contribution >= 0.6 is 27.3 Å². The Kier molecular flexibility index (Phi) is 6.21. The Bertz CT molecular complexity index is 611. The smallest absolute Gasteiger partial charge is 0.305 e. The minimum atomic E-state index is -0.115. The van der Waals surface area contributed by atoms with Crippen molar-refractivity contribution in [1.29, 1.82) is 0 Å². The lowest BCUT2D eigenvalue weighted by Crippen LogP contribution is -2.10. The van der Waals surface area contributed by atoms with Crippen LogP contribution in [0.4, 0.5) is 0 Å². The minimum absolute atomic E-state index is 0.0234. The number of thiophene rings is 1. The number of halogens is 1. The second-order valence-electron chi connectivity index (χ2n) is 4.96. The molecule has 0 radical (unpaired) electrons. The molecular formula is C16H20BrNO2S. The van der Waals surface area contributed by atoms with Crippen molar-refractivity contribution in [2.24, 2.45) is 5.73 Å². The van der Waals surface area contributed by atoms with Crippen LogP contribution in [0.1, 0.15) is 44.2 Å². The SMILES string of the molecule is CCOC(=O)CCCCC(N)c1csc2c(Br)cccc12. The molecule has 0 amide bonds. The number of rotatable bonds is 7. The molecule has 2 N–H and O–H groups in total. The van der Waals surface area contributed by atoms with Crippen molar-refractivity contribution in [2.75, 3.05) is 6.61 Å². The Morgan fingerprint density at radius 2 is 2.24 bits per heavy atom. The Labute approximate surface area is 137 Å². The number of esters is 1. The topological polar surface area (TPSA) is 52.3 Å². The van der Waals surface area contributed by atoms with E-state index in [4.69, 9.17) is 10.5 Å². The highest BCUT2D eigenvalue weighted by Crippen LogP contribution is 2.35. The highest BCUT2D eigenvalue weighted by molar-refractivity contribution is 9.10. The number of hydrogen-bond donors (Lipinski definition) is 1. The lowest BCUT2D eigenvalue weighted by Gasteiger charge is -2.11. The first-order valence-corrected chi connectivity index (χ1v) is 8.87. The van der Waals surface area contributed by atoms with E-state index < -0.39 is 0 Å². The summed E-state index contributed by atoms with van der Waals surface area (Å²) in [6.45, 7) is 2.28. The van der Waals surface area contributed by atoms with Gasteiger partial charge >= 0.3 is 5.97 Å². The Morgan fingerprint density at radius 3 is 3.00 bits per heavy atom. The van der Waals surface area contributed by atoms with Gasteiger partial charge in [0.05, 0.1) is 6.61 Å². The summed E-state index contributed by atoms with van der Waals surface area (Å²) in [6, 6.07) is 6.23. The minimum Gasteiger partial charge on any atom is -0.466 e. The fourth-order valence-corrected chi connectivity index (χ4v) is 4.04. The van der Waals surface area contributed by atoms with Crippen LogP contribution in [0.2, 0.25) is 0 Å². The van der Waals surface area contributed by atoms with Crippen LogP contribution in [0.3, 0.4) is 0 Å². The Balaban J connectivity index is 1.89. The molecule has 0 saturated carbocycles. The first-order chi connectivity index (χ1) is 10.1. The van der Waals surface area contributed by atoms with Gasteiger partial charge in [0, 0.05) is 21.6 Å². The normalized spacial score (nSPS) is 12.5. The van der Waals surface area contributed by atoms with Gasteiger partial charge in [0.1, 0.15) is 0 Å². The molecule has 5 heteroatoms. The molecule has 0 spiro atoms. The maximum absolute atomic E-state index is 11.3. The first-order valence-electron chi connectivity index (χ1n) is 7.20. The molecular weight excluding hydrogens is 350 g/mol. The molecule has 0 saturated heterocycles. The Hall–Kier alpha value is -0.910. The summed E-state index contributed by atoms with van der Waals surface area (Å²) in [5.41, 5.74) is 7.51. The number of carbonyl (C=O) groups is 1. The zero-order valence-corrected chi connectivity index (χ0v) is 14.5. The molecule has 0 fully saturated rings. The molecule has 0 aliphatic carbocycles. The van der Waals surface area contributed by atoms with Gasteiger partial charge in [0.15, 0.2) is 0 Å². The molecule has 0 aliphatic heterocycles. The average molecular weight is 370 g/mol. The molecule has 114 valence electrons. The van der Waals surface area contributed by atoms with E-state index in [-0.39, 0.29) is 12.0 Å². The lowest BCUT2D eigenvalue weighted by molar-refractivity contribution is -0.143. The van der Waals surface area contributed by atoms with E-state index in [0.29, 0.717) is 13.0 Å². The molecule has 2 rings (SSSR count). The quantitative estimate of drug-likeness (QED) is 0.563. The van der Waals surface area contributed by atoms with Crippen molar-refractivity contribution < 1.29 is 9.53 Å². The van der Waals surface area contributed by atoms with Gasteiger partial charge in [-0.3, -0.25) is 4.79 Å². The standard InChI is InChI=1S/C16H20BrNO2S/c1-2-20-15(19)9-4-3-8-14(18)12-10-21-16-11(12)6-5-7-13(16)17/h5-7,10,14H,2-4,8-9,18H2,1H3. The fraction of sp³-hybridized carbons (Fsp3) is 0.438. The van der Waals surface area contributed by atoms with Crippen LogP contribution < -0.4 is 5.73 Å². The van der Waals surface area contributed by atoms with Crippen LogP contribution in [-0.4, -0.2) is 12.6 Å². The molecule has 1 aromatic heterocycles. The number of carbonyl (C=O) groups excluding carboxylic acids is 1. The molecule has 0 bridgehead atoms. The number of hydrogen-bond acceptors (Lipinski definition) is 4. The van der Waals surface area contributed by atoms with E-state index in [9.17, 15) is 4.79 Å². The van der Waals surface area contributed by atoms with E-state index in [2.05, 4.69) is 27.4 Å². The van der Waals surface area contributed by atoms with Crippen molar-refractivity contribution in [3.05, 3.63) is 33.6 Å². The summed E-state index contributed by atoms with van der Waals surface area (Å²) in [6.07, 6.45) is 3.14. The second-order valence-corrected chi connectivity index (χ2v) is 6.70. The van der Waals surface area contributed by atoms with Gasteiger partial charge in [-0.1, -0.05) is 18.6 Å². The zero-order chi connectivity index (χ0) is 15.2. The van der Waals surface area contributed by atoms with Gasteiger partial charge < -0.3 is 10.5 Å². The second kappa shape index (κ2) is 7.92. The molecule has 2 aromatic rings. The molecule has 1 atom stereocenters. The van der Waals surface area contributed by atoms with E-state index >= 15 is 0 Å². The van der Waals surface area contributed by atoms with Crippen molar-refractivity contribution in [2.45, 2.75) is 38.6 Å². The van der Waals surface area contributed by atoms with Gasteiger partial charge in [0.2, 0.25) is 0 Å². The summed E-state index contributed by atoms with van der Waals surface area (Å²) < 4.78 is 7.28. The van der Waals surface area contributed by atoms with Gasteiger partial charge in [-0.05, 0) is 58.1 Å². The number of ether oxygens (including phenoxy) is 1. The highest BCUT2D eigenvalue weighted by Gasteiger charge is 2.13. The molecule has 3 nitrogen and oxygen atoms in total. The van der Waals surface area contributed by atoms with Gasteiger partial charge in [-0.2, -0.15) is 0 Å². The predicted octanol–water partition coefficient (Wildman–Crippen LogP) is 4.79. The van der Waals surface area contributed by atoms with Crippen molar-refractivity contribution in [3.63, 3.8) is 0 Å². The molecule has 1 aromatic carbocycles. The fourth-order valence-electron chi connectivity index (χ4n) is 2.35. The molecule has 1 unspecified atom stereocenters. The van der Waals surface area contributed by atoms with Gasteiger partial charge in [0.25, 0.3) is 0 Å². The van der Waals surface area contributed by atoms with Crippen LogP contribution in [0.15, 0.2) is 28.1 Å². The van der Waals surface area contributed by atoms with Crippen molar-refractivity contribution >= 4 is 43.3 Å². The third kappa shape index (κ3) is 4.28. The summed E-state index contributed by atoms with van der Waals surface area (Å²) in [5, 5.41) is 3.37. The van der Waals surface area contributed by atoms with Crippen molar-refractivity contribution in [3.8, 4) is 0 Å². The third-order valence-electron chi connectivity index (χ3n) is 3.43. The number of unbranched alkanes of at least 4 members (excludes halogenated alkanes) is 1. The van der Waals surface area contributed by atoms with E-state index in [1.807, 2.05) is 19.1 Å². The number of benzene rings is 1. The third-order valence-corrected chi connectivity index (χ3v) is 5.40. The summed E-state index contributed by atoms with van der Waals surface area (Å²) in [4.78, 5) is 11.3. The predicted molar refractivity (Wildman–Crippen MR) is 91.6 cm³/mol. The highest BCUT2D eigenvalue weighted by atomic mass is 79.9.